The molecule has 0 spiro atoms. The summed E-state index contributed by atoms with van der Waals surface area (Å²) < 4.78 is 1.53. The molecule has 2 aromatic rings. The zero-order valence-electron chi connectivity index (χ0n) is 9.83. The lowest BCUT2D eigenvalue weighted by atomic mass is 10.1. The van der Waals surface area contributed by atoms with Gasteiger partial charge in [0.25, 0.3) is 0 Å². The van der Waals surface area contributed by atoms with Crippen LogP contribution in [0.5, 0.6) is 0 Å². The maximum atomic E-state index is 11.5. The van der Waals surface area contributed by atoms with Crippen molar-refractivity contribution in [3.63, 3.8) is 0 Å². The summed E-state index contributed by atoms with van der Waals surface area (Å²) in [6.07, 6.45) is 0. The lowest BCUT2D eigenvalue weighted by Crippen LogP contribution is -2.26. The van der Waals surface area contributed by atoms with E-state index in [1.54, 1.807) is 36.4 Å². The van der Waals surface area contributed by atoms with Crippen molar-refractivity contribution >= 4 is 39.4 Å². The number of carboxylic acids is 1. The molecule has 0 bridgehead atoms. The van der Waals surface area contributed by atoms with Gasteiger partial charge in [-0.05, 0) is 29.8 Å². The van der Waals surface area contributed by atoms with Gasteiger partial charge >= 0.3 is 5.97 Å². The Kier molecular flexibility index (Phi) is 4.45. The van der Waals surface area contributed by atoms with Crippen LogP contribution in [-0.4, -0.2) is 11.1 Å². The number of carbonyl (C=O) groups is 1. The Bertz CT molecular complexity index is 559. The second kappa shape index (κ2) is 6.08. The zero-order valence-corrected chi connectivity index (χ0v) is 12.2. The molecule has 0 aromatic heterocycles. The Balaban J connectivity index is 2.35. The summed E-state index contributed by atoms with van der Waals surface area (Å²) in [7, 11) is 0. The van der Waals surface area contributed by atoms with E-state index in [1.165, 1.54) is 3.93 Å². The lowest BCUT2D eigenvalue weighted by Gasteiger charge is -2.24. The molecule has 1 unspecified atom stereocenters. The molecule has 19 heavy (non-hydrogen) atoms. The van der Waals surface area contributed by atoms with Crippen molar-refractivity contribution < 1.29 is 9.90 Å². The zero-order chi connectivity index (χ0) is 13.8. The van der Waals surface area contributed by atoms with E-state index in [4.69, 9.17) is 11.6 Å². The Morgan fingerprint density at radius 3 is 2.21 bits per heavy atom. The highest BCUT2D eigenvalue weighted by Gasteiger charge is 2.26. The van der Waals surface area contributed by atoms with Gasteiger partial charge in [0.15, 0.2) is 6.04 Å². The highest BCUT2D eigenvalue weighted by molar-refractivity contribution is 9.10. The summed E-state index contributed by atoms with van der Waals surface area (Å²) in [5.41, 5.74) is 1.42. The van der Waals surface area contributed by atoms with Crippen LogP contribution in [0.15, 0.2) is 54.6 Å². The second-order valence-corrected chi connectivity index (χ2v) is 5.14. The maximum absolute atomic E-state index is 11.5. The first kappa shape index (κ1) is 13.9. The van der Waals surface area contributed by atoms with Gasteiger partial charge in [-0.3, -0.25) is 3.93 Å². The van der Waals surface area contributed by atoms with Crippen LogP contribution in [0.1, 0.15) is 11.6 Å². The van der Waals surface area contributed by atoms with Crippen molar-refractivity contribution in [1.29, 1.82) is 0 Å². The van der Waals surface area contributed by atoms with Gasteiger partial charge in [-0.25, -0.2) is 4.79 Å². The number of rotatable bonds is 4. The van der Waals surface area contributed by atoms with E-state index >= 15 is 0 Å². The van der Waals surface area contributed by atoms with E-state index in [2.05, 4.69) is 16.1 Å². The minimum Gasteiger partial charge on any atom is -0.479 e. The number of anilines is 1. The van der Waals surface area contributed by atoms with Gasteiger partial charge in [-0.2, -0.15) is 0 Å². The van der Waals surface area contributed by atoms with E-state index in [-0.39, 0.29) is 0 Å². The number of nitrogens with zero attached hydrogens (tertiary/aromatic N) is 1. The largest absolute Gasteiger partial charge is 0.479 e. The van der Waals surface area contributed by atoms with Crippen LogP contribution in [0, 0.1) is 0 Å². The van der Waals surface area contributed by atoms with Crippen LogP contribution in [-0.2, 0) is 4.79 Å². The number of benzene rings is 2. The van der Waals surface area contributed by atoms with Gasteiger partial charge in [-0.15, -0.1) is 0 Å². The van der Waals surface area contributed by atoms with E-state index in [9.17, 15) is 9.90 Å². The molecule has 0 aliphatic rings. The minimum atomic E-state index is -0.932. The van der Waals surface area contributed by atoms with Crippen LogP contribution in [0.25, 0.3) is 0 Å². The van der Waals surface area contributed by atoms with E-state index in [1.807, 2.05) is 18.2 Å². The summed E-state index contributed by atoms with van der Waals surface area (Å²) in [5, 5.41) is 10.0. The van der Waals surface area contributed by atoms with Gasteiger partial charge in [-0.1, -0.05) is 41.9 Å². The molecule has 1 atom stereocenters. The van der Waals surface area contributed by atoms with E-state index in [0.717, 1.165) is 5.69 Å². The van der Waals surface area contributed by atoms with Crippen LogP contribution in [0.2, 0.25) is 5.02 Å². The predicted molar refractivity (Wildman–Crippen MR) is 79.7 cm³/mol. The summed E-state index contributed by atoms with van der Waals surface area (Å²) in [5.74, 6) is -0.932. The molecule has 0 saturated heterocycles. The van der Waals surface area contributed by atoms with Crippen LogP contribution < -0.4 is 3.93 Å². The third kappa shape index (κ3) is 3.28. The first-order chi connectivity index (χ1) is 9.09. The molecule has 0 amide bonds. The minimum absolute atomic E-state index is 0.608. The third-order valence-corrected chi connectivity index (χ3v) is 3.72. The van der Waals surface area contributed by atoms with Gasteiger partial charge < -0.3 is 5.11 Å². The van der Waals surface area contributed by atoms with Gasteiger partial charge in [0.1, 0.15) is 0 Å². The standard InChI is InChI=1S/C14H11BrClNO2/c15-17(12-8-6-11(16)7-9-12)13(14(18)19)10-4-2-1-3-5-10/h1-9,13H,(H,18,19). The molecule has 0 fully saturated rings. The van der Waals surface area contributed by atoms with E-state index < -0.39 is 12.0 Å². The molecule has 0 aliphatic heterocycles. The van der Waals surface area contributed by atoms with Crippen LogP contribution in [0.4, 0.5) is 5.69 Å². The monoisotopic (exact) mass is 339 g/mol. The Labute approximate surface area is 124 Å². The van der Waals surface area contributed by atoms with E-state index in [0.29, 0.717) is 10.6 Å². The molecule has 1 N–H and O–H groups in total. The van der Waals surface area contributed by atoms with Crippen molar-refractivity contribution in [3.8, 4) is 0 Å². The molecule has 5 heteroatoms. The number of carboxylic acid groups (broad SMARTS) is 1. The molecule has 0 radical (unpaired) electrons. The summed E-state index contributed by atoms with van der Waals surface area (Å²) in [6, 6.07) is 15.2. The number of hydrogen-bond acceptors (Lipinski definition) is 2. The second-order valence-electron chi connectivity index (χ2n) is 3.94. The van der Waals surface area contributed by atoms with Crippen molar-refractivity contribution in [2.75, 3.05) is 3.93 Å². The van der Waals surface area contributed by atoms with Crippen LogP contribution >= 0.6 is 27.7 Å². The molecular formula is C14H11BrClNO2. The summed E-state index contributed by atoms with van der Waals surface area (Å²) in [6.45, 7) is 0. The van der Waals surface area contributed by atoms with Crippen molar-refractivity contribution in [3.05, 3.63) is 65.2 Å². The molecular weight excluding hydrogens is 330 g/mol. The van der Waals surface area contributed by atoms with Crippen LogP contribution in [0.3, 0.4) is 0 Å². The van der Waals surface area contributed by atoms with Crippen molar-refractivity contribution in [1.82, 2.24) is 0 Å². The Hall–Kier alpha value is -1.52. The quantitative estimate of drug-likeness (QED) is 0.844. The summed E-state index contributed by atoms with van der Waals surface area (Å²) in [4.78, 5) is 11.5. The number of hydrogen-bond donors (Lipinski definition) is 1. The molecule has 2 rings (SSSR count). The highest BCUT2D eigenvalue weighted by Crippen LogP contribution is 2.31. The molecule has 0 saturated carbocycles. The average Bonchev–Trinajstić information content (AvgIpc) is 2.40. The highest BCUT2D eigenvalue weighted by atomic mass is 79.9. The van der Waals surface area contributed by atoms with Gasteiger partial charge in [0, 0.05) is 10.7 Å². The maximum Gasteiger partial charge on any atom is 0.331 e. The van der Waals surface area contributed by atoms with Crippen molar-refractivity contribution in [2.45, 2.75) is 6.04 Å². The Morgan fingerprint density at radius 2 is 1.68 bits per heavy atom. The predicted octanol–water partition coefficient (Wildman–Crippen LogP) is 4.28. The smallest absolute Gasteiger partial charge is 0.331 e. The fourth-order valence-corrected chi connectivity index (χ4v) is 2.51. The first-order valence-corrected chi connectivity index (χ1v) is 6.66. The Morgan fingerprint density at radius 1 is 1.11 bits per heavy atom. The molecule has 3 nitrogen and oxygen atoms in total. The molecule has 0 heterocycles. The van der Waals surface area contributed by atoms with Gasteiger partial charge in [0.2, 0.25) is 0 Å². The van der Waals surface area contributed by atoms with Crippen molar-refractivity contribution in [2.24, 2.45) is 0 Å². The first-order valence-electron chi connectivity index (χ1n) is 5.58. The van der Waals surface area contributed by atoms with Gasteiger partial charge in [0.05, 0.1) is 16.1 Å². The number of halogens is 2. The lowest BCUT2D eigenvalue weighted by molar-refractivity contribution is -0.138. The molecule has 98 valence electrons. The normalized spacial score (nSPS) is 11.9. The molecule has 0 aliphatic carbocycles. The molecule has 2 aromatic carbocycles. The average molecular weight is 341 g/mol. The topological polar surface area (TPSA) is 40.5 Å². The fourth-order valence-electron chi connectivity index (χ4n) is 1.74. The third-order valence-electron chi connectivity index (χ3n) is 2.65. The summed E-state index contributed by atoms with van der Waals surface area (Å²) >= 11 is 9.15. The SMILES string of the molecule is O=C(O)C(c1ccccc1)N(Br)c1ccc(Cl)cc1. The fraction of sp³-hybridized carbons (Fsp3) is 0.0714. The number of aliphatic carboxylic acids is 1.